The molecule has 0 radical (unpaired) electrons. The molecule has 17 heavy (non-hydrogen) atoms. The van der Waals surface area contributed by atoms with Gasteiger partial charge in [-0.2, -0.15) is 0 Å². The van der Waals surface area contributed by atoms with Gasteiger partial charge in [0.1, 0.15) is 6.10 Å². The van der Waals surface area contributed by atoms with Gasteiger partial charge in [0.2, 0.25) is 0 Å². The van der Waals surface area contributed by atoms with Crippen LogP contribution >= 0.6 is 24.0 Å². The fourth-order valence-corrected chi connectivity index (χ4v) is 1.74. The zero-order valence-corrected chi connectivity index (χ0v) is 10.6. The van der Waals surface area contributed by atoms with Crippen LogP contribution in [0.3, 0.4) is 0 Å². The van der Waals surface area contributed by atoms with Crippen LogP contribution in [0.1, 0.15) is 17.2 Å². The van der Waals surface area contributed by atoms with Gasteiger partial charge in [-0.05, 0) is 23.3 Å². The molecular formula is C13H13Cl2NO. The van der Waals surface area contributed by atoms with Crippen molar-refractivity contribution in [1.29, 1.82) is 0 Å². The molecule has 90 valence electrons. The summed E-state index contributed by atoms with van der Waals surface area (Å²) in [5, 5.41) is 0.701. The molecule has 0 fully saturated rings. The van der Waals surface area contributed by atoms with Crippen molar-refractivity contribution in [3.05, 3.63) is 70.7 Å². The first kappa shape index (κ1) is 14.0. The minimum absolute atomic E-state index is 0. The third kappa shape index (κ3) is 3.45. The highest BCUT2D eigenvalue weighted by Gasteiger charge is 2.12. The van der Waals surface area contributed by atoms with Crippen LogP contribution in [0.4, 0.5) is 0 Å². The molecule has 2 rings (SSSR count). The Bertz CT molecular complexity index is 445. The molecule has 0 bridgehead atoms. The number of nitrogens with two attached hydrogens (primary N) is 1. The van der Waals surface area contributed by atoms with Crippen LogP contribution in [0.2, 0.25) is 5.02 Å². The second-order valence-corrected chi connectivity index (χ2v) is 3.91. The molecule has 0 aliphatic carbocycles. The van der Waals surface area contributed by atoms with Gasteiger partial charge in [-0.25, -0.2) is 5.90 Å². The van der Waals surface area contributed by atoms with Crippen LogP contribution in [-0.4, -0.2) is 0 Å². The van der Waals surface area contributed by atoms with Crippen molar-refractivity contribution in [3.8, 4) is 0 Å². The standard InChI is InChI=1S/C13H12ClNO.ClH/c14-12-8-6-11(7-9-12)13(16-15)10-4-2-1-3-5-10;/h1-9,13H,15H2;1H. The van der Waals surface area contributed by atoms with E-state index in [0.29, 0.717) is 5.02 Å². The normalized spacial score (nSPS) is 11.6. The van der Waals surface area contributed by atoms with Gasteiger partial charge in [0, 0.05) is 5.02 Å². The summed E-state index contributed by atoms with van der Waals surface area (Å²) in [5.41, 5.74) is 2.01. The zero-order valence-electron chi connectivity index (χ0n) is 9.05. The zero-order chi connectivity index (χ0) is 11.4. The first-order valence-electron chi connectivity index (χ1n) is 4.97. The van der Waals surface area contributed by atoms with Gasteiger partial charge in [-0.15, -0.1) is 12.4 Å². The van der Waals surface area contributed by atoms with Gasteiger partial charge in [0.05, 0.1) is 0 Å². The van der Waals surface area contributed by atoms with E-state index in [4.69, 9.17) is 22.3 Å². The molecular weight excluding hydrogens is 257 g/mol. The van der Waals surface area contributed by atoms with Crippen molar-refractivity contribution in [3.63, 3.8) is 0 Å². The lowest BCUT2D eigenvalue weighted by molar-refractivity contribution is 0.0813. The first-order chi connectivity index (χ1) is 7.81. The van der Waals surface area contributed by atoms with E-state index in [9.17, 15) is 0 Å². The predicted molar refractivity (Wildman–Crippen MR) is 72.3 cm³/mol. The van der Waals surface area contributed by atoms with E-state index < -0.39 is 0 Å². The van der Waals surface area contributed by atoms with Gasteiger partial charge in [-0.3, -0.25) is 4.84 Å². The molecule has 0 heterocycles. The first-order valence-corrected chi connectivity index (χ1v) is 5.35. The van der Waals surface area contributed by atoms with Crippen LogP contribution in [0, 0.1) is 0 Å². The Labute approximate surface area is 112 Å². The topological polar surface area (TPSA) is 35.2 Å². The lowest BCUT2D eigenvalue weighted by Gasteiger charge is -2.15. The molecule has 1 unspecified atom stereocenters. The fourth-order valence-electron chi connectivity index (χ4n) is 1.61. The SMILES string of the molecule is Cl.NOC(c1ccccc1)c1ccc(Cl)cc1. The van der Waals surface area contributed by atoms with Gasteiger partial charge >= 0.3 is 0 Å². The third-order valence-corrected chi connectivity index (χ3v) is 2.66. The van der Waals surface area contributed by atoms with Crippen molar-refractivity contribution in [2.24, 2.45) is 5.90 Å². The minimum atomic E-state index is -0.251. The maximum absolute atomic E-state index is 5.83. The van der Waals surface area contributed by atoms with Gasteiger partial charge in [0.15, 0.2) is 0 Å². The van der Waals surface area contributed by atoms with Crippen LogP contribution < -0.4 is 5.90 Å². The molecule has 2 aromatic rings. The molecule has 2 aromatic carbocycles. The van der Waals surface area contributed by atoms with E-state index in [1.807, 2.05) is 54.6 Å². The molecule has 1 atom stereocenters. The Morgan fingerprint density at radius 1 is 0.882 bits per heavy atom. The predicted octanol–water partition coefficient (Wildman–Crippen LogP) is 3.74. The summed E-state index contributed by atoms with van der Waals surface area (Å²) < 4.78 is 0. The molecule has 0 saturated heterocycles. The van der Waals surface area contributed by atoms with E-state index in [1.54, 1.807) is 0 Å². The largest absolute Gasteiger partial charge is 0.292 e. The van der Waals surface area contributed by atoms with Crippen LogP contribution in [-0.2, 0) is 4.84 Å². The number of benzene rings is 2. The van der Waals surface area contributed by atoms with Crippen molar-refractivity contribution >= 4 is 24.0 Å². The average molecular weight is 270 g/mol. The highest BCUT2D eigenvalue weighted by molar-refractivity contribution is 6.30. The summed E-state index contributed by atoms with van der Waals surface area (Å²) in [6.07, 6.45) is -0.251. The van der Waals surface area contributed by atoms with Crippen LogP contribution in [0.5, 0.6) is 0 Å². The second kappa shape index (κ2) is 6.62. The molecule has 0 aliphatic rings. The van der Waals surface area contributed by atoms with E-state index in [0.717, 1.165) is 11.1 Å². The highest BCUT2D eigenvalue weighted by atomic mass is 35.5. The maximum atomic E-state index is 5.83. The summed E-state index contributed by atoms with van der Waals surface area (Å²) >= 11 is 5.83. The Hall–Kier alpha value is -1.06. The van der Waals surface area contributed by atoms with Gasteiger partial charge in [0.25, 0.3) is 0 Å². The lowest BCUT2D eigenvalue weighted by atomic mass is 10.0. The fraction of sp³-hybridized carbons (Fsp3) is 0.0769. The minimum Gasteiger partial charge on any atom is -0.292 e. The molecule has 0 spiro atoms. The molecule has 0 aliphatic heterocycles. The maximum Gasteiger partial charge on any atom is 0.129 e. The monoisotopic (exact) mass is 269 g/mol. The summed E-state index contributed by atoms with van der Waals surface area (Å²) in [6.45, 7) is 0. The average Bonchev–Trinajstić information content (AvgIpc) is 2.34. The number of hydrogen-bond acceptors (Lipinski definition) is 2. The summed E-state index contributed by atoms with van der Waals surface area (Å²) in [5.74, 6) is 5.34. The Kier molecular flexibility index (Phi) is 5.45. The van der Waals surface area contributed by atoms with E-state index in [-0.39, 0.29) is 18.5 Å². The van der Waals surface area contributed by atoms with Crippen LogP contribution in [0.15, 0.2) is 54.6 Å². The van der Waals surface area contributed by atoms with E-state index in [1.165, 1.54) is 0 Å². The Morgan fingerprint density at radius 3 is 1.94 bits per heavy atom. The van der Waals surface area contributed by atoms with E-state index >= 15 is 0 Å². The second-order valence-electron chi connectivity index (χ2n) is 3.48. The Morgan fingerprint density at radius 2 is 1.41 bits per heavy atom. The lowest BCUT2D eigenvalue weighted by Crippen LogP contribution is -2.10. The third-order valence-electron chi connectivity index (χ3n) is 2.41. The number of rotatable bonds is 3. The van der Waals surface area contributed by atoms with Gasteiger partial charge in [-0.1, -0.05) is 54.1 Å². The van der Waals surface area contributed by atoms with Crippen molar-refractivity contribution in [2.45, 2.75) is 6.10 Å². The number of hydrogen-bond donors (Lipinski definition) is 1. The molecule has 0 aromatic heterocycles. The van der Waals surface area contributed by atoms with Crippen molar-refractivity contribution < 1.29 is 4.84 Å². The Balaban J connectivity index is 0.00000144. The summed E-state index contributed by atoms with van der Waals surface area (Å²) in [6, 6.07) is 17.3. The molecule has 4 heteroatoms. The van der Waals surface area contributed by atoms with Gasteiger partial charge < -0.3 is 0 Å². The molecule has 0 amide bonds. The number of halogens is 2. The highest BCUT2D eigenvalue weighted by Crippen LogP contribution is 2.25. The summed E-state index contributed by atoms with van der Waals surface area (Å²) in [7, 11) is 0. The van der Waals surface area contributed by atoms with Crippen LogP contribution in [0.25, 0.3) is 0 Å². The molecule has 2 N–H and O–H groups in total. The molecule has 0 saturated carbocycles. The molecule has 2 nitrogen and oxygen atoms in total. The quantitative estimate of drug-likeness (QED) is 0.862. The van der Waals surface area contributed by atoms with E-state index in [2.05, 4.69) is 0 Å². The summed E-state index contributed by atoms with van der Waals surface area (Å²) in [4.78, 5) is 5.02. The van der Waals surface area contributed by atoms with Crippen molar-refractivity contribution in [1.82, 2.24) is 0 Å². The smallest absolute Gasteiger partial charge is 0.129 e. The van der Waals surface area contributed by atoms with Crippen molar-refractivity contribution in [2.75, 3.05) is 0 Å².